The van der Waals surface area contributed by atoms with Crippen molar-refractivity contribution in [3.63, 3.8) is 0 Å². The second kappa shape index (κ2) is 7.72. The van der Waals surface area contributed by atoms with E-state index in [1.165, 1.54) is 9.87 Å². The summed E-state index contributed by atoms with van der Waals surface area (Å²) < 4.78 is 26.1. The number of amides is 1. The van der Waals surface area contributed by atoms with E-state index in [4.69, 9.17) is 0 Å². The first-order valence-electron chi connectivity index (χ1n) is 9.30. The number of benzene rings is 2. The molecule has 1 aliphatic rings. The fraction of sp³-hybridized carbons (Fsp3) is 0.381. The first-order valence-corrected chi connectivity index (χ1v) is 10.9. The van der Waals surface area contributed by atoms with Crippen molar-refractivity contribution in [1.29, 1.82) is 0 Å². The van der Waals surface area contributed by atoms with Gasteiger partial charge in [0.15, 0.2) is 0 Å². The number of hydrogen-bond donors (Lipinski definition) is 1. The van der Waals surface area contributed by atoms with Crippen LogP contribution in [0.2, 0.25) is 0 Å². The number of aryl methyl sites for hydroxylation is 1. The summed E-state index contributed by atoms with van der Waals surface area (Å²) in [5.41, 5.74) is 3.91. The molecule has 0 spiro atoms. The van der Waals surface area contributed by atoms with Crippen molar-refractivity contribution in [2.24, 2.45) is 0 Å². The summed E-state index contributed by atoms with van der Waals surface area (Å²) in [6.45, 7) is 6.59. The zero-order chi connectivity index (χ0) is 19.6. The van der Waals surface area contributed by atoms with Crippen molar-refractivity contribution in [3.05, 3.63) is 59.2 Å². The molecule has 0 saturated carbocycles. The van der Waals surface area contributed by atoms with Crippen molar-refractivity contribution >= 4 is 27.3 Å². The fourth-order valence-corrected chi connectivity index (χ4v) is 4.99. The lowest BCUT2D eigenvalue weighted by Crippen LogP contribution is -2.38. The van der Waals surface area contributed by atoms with Crippen LogP contribution in [0.1, 0.15) is 54.1 Å². The smallest absolute Gasteiger partial charge is 0.255 e. The monoisotopic (exact) mass is 386 g/mol. The molecule has 0 aliphatic carbocycles. The maximum absolute atomic E-state index is 12.6. The molecule has 1 fully saturated rings. The molecule has 1 N–H and O–H groups in total. The van der Waals surface area contributed by atoms with Gasteiger partial charge in [-0.05, 0) is 67.1 Å². The number of carbonyl (C=O) groups excluding carboxylic acids is 1. The number of hydrogen-bond acceptors (Lipinski definition) is 3. The number of nitrogens with zero attached hydrogens (tertiary/aromatic N) is 1. The van der Waals surface area contributed by atoms with Crippen LogP contribution in [0, 0.1) is 6.92 Å². The van der Waals surface area contributed by atoms with E-state index < -0.39 is 10.0 Å². The molecule has 0 bridgehead atoms. The van der Waals surface area contributed by atoms with Gasteiger partial charge in [0, 0.05) is 17.8 Å². The molecule has 144 valence electrons. The van der Waals surface area contributed by atoms with Gasteiger partial charge in [0.1, 0.15) is 0 Å². The van der Waals surface area contributed by atoms with E-state index in [-0.39, 0.29) is 11.7 Å². The molecule has 6 heteroatoms. The molecule has 27 heavy (non-hydrogen) atoms. The lowest BCUT2D eigenvalue weighted by molar-refractivity contribution is 0.102. The van der Waals surface area contributed by atoms with Crippen LogP contribution in [-0.4, -0.2) is 26.6 Å². The van der Waals surface area contributed by atoms with E-state index in [2.05, 4.69) is 19.2 Å². The number of anilines is 2. The maximum atomic E-state index is 12.6. The Morgan fingerprint density at radius 2 is 1.78 bits per heavy atom. The Bertz CT molecular complexity index is 934. The normalized spacial score (nSPS) is 16.4. The highest BCUT2D eigenvalue weighted by molar-refractivity contribution is 7.92. The number of rotatable bonds is 4. The molecule has 1 amide bonds. The second-order valence-corrected chi connectivity index (χ2v) is 9.34. The molecule has 1 saturated heterocycles. The van der Waals surface area contributed by atoms with Crippen LogP contribution in [0.25, 0.3) is 0 Å². The summed E-state index contributed by atoms with van der Waals surface area (Å²) in [6, 6.07) is 13.0. The Hall–Kier alpha value is -2.34. The molecule has 0 aromatic heterocycles. The molecule has 1 heterocycles. The van der Waals surface area contributed by atoms with E-state index in [1.807, 2.05) is 31.2 Å². The highest BCUT2D eigenvalue weighted by Gasteiger charge is 2.27. The Morgan fingerprint density at radius 3 is 2.37 bits per heavy atom. The zero-order valence-electron chi connectivity index (χ0n) is 16.0. The molecule has 0 radical (unpaired) electrons. The third-order valence-electron chi connectivity index (χ3n) is 4.91. The van der Waals surface area contributed by atoms with Crippen LogP contribution in [0.15, 0.2) is 42.5 Å². The topological polar surface area (TPSA) is 66.5 Å². The van der Waals surface area contributed by atoms with Crippen LogP contribution in [0.4, 0.5) is 11.4 Å². The number of nitrogens with one attached hydrogen (secondary N) is 1. The van der Waals surface area contributed by atoms with Gasteiger partial charge < -0.3 is 5.32 Å². The van der Waals surface area contributed by atoms with Gasteiger partial charge in [-0.25, -0.2) is 8.42 Å². The van der Waals surface area contributed by atoms with Crippen molar-refractivity contribution < 1.29 is 13.2 Å². The van der Waals surface area contributed by atoms with Crippen molar-refractivity contribution in [2.75, 3.05) is 21.9 Å². The molecule has 1 aliphatic heterocycles. The summed E-state index contributed by atoms with van der Waals surface area (Å²) >= 11 is 0. The van der Waals surface area contributed by atoms with Gasteiger partial charge in [-0.2, -0.15) is 0 Å². The minimum atomic E-state index is -3.26. The van der Waals surface area contributed by atoms with E-state index in [0.717, 1.165) is 17.7 Å². The zero-order valence-corrected chi connectivity index (χ0v) is 16.8. The quantitative estimate of drug-likeness (QED) is 0.852. The third-order valence-corrected chi connectivity index (χ3v) is 6.77. The Kier molecular flexibility index (Phi) is 5.56. The first kappa shape index (κ1) is 19.4. The van der Waals surface area contributed by atoms with E-state index in [0.29, 0.717) is 30.1 Å². The molecular formula is C21H26N2O3S. The summed E-state index contributed by atoms with van der Waals surface area (Å²) in [4.78, 5) is 12.6. The van der Waals surface area contributed by atoms with Crippen LogP contribution in [0.3, 0.4) is 0 Å². The number of carbonyl (C=O) groups is 1. The lowest BCUT2D eigenvalue weighted by Gasteiger charge is -2.29. The Morgan fingerprint density at radius 1 is 1.07 bits per heavy atom. The van der Waals surface area contributed by atoms with E-state index in [1.54, 1.807) is 18.2 Å². The van der Waals surface area contributed by atoms with Crippen molar-refractivity contribution in [3.8, 4) is 0 Å². The third kappa shape index (κ3) is 4.33. The highest BCUT2D eigenvalue weighted by Crippen LogP contribution is 2.28. The summed E-state index contributed by atoms with van der Waals surface area (Å²) in [7, 11) is -3.26. The largest absolute Gasteiger partial charge is 0.322 e. The molecule has 2 aromatic carbocycles. The van der Waals surface area contributed by atoms with E-state index >= 15 is 0 Å². The Labute approximate surface area is 161 Å². The van der Waals surface area contributed by atoms with Crippen LogP contribution in [0.5, 0.6) is 0 Å². The molecule has 5 nitrogen and oxygen atoms in total. The summed E-state index contributed by atoms with van der Waals surface area (Å²) in [5, 5.41) is 2.90. The molecule has 3 rings (SSSR count). The SMILES string of the molecule is Cc1cc(C(=O)Nc2ccc(C(C)C)cc2)ccc1N1CCCCS1(=O)=O. The van der Waals surface area contributed by atoms with Gasteiger partial charge >= 0.3 is 0 Å². The van der Waals surface area contributed by atoms with Crippen molar-refractivity contribution in [2.45, 2.75) is 39.5 Å². The standard InChI is InChI=1S/C21H26N2O3S/c1-15(2)17-6-9-19(10-7-17)22-21(24)18-8-11-20(16(3)14-18)23-12-4-5-13-27(23,25)26/h6-11,14-15H,4-5,12-13H2,1-3H3,(H,22,24). The van der Waals surface area contributed by atoms with Crippen LogP contribution >= 0.6 is 0 Å². The molecular weight excluding hydrogens is 360 g/mol. The fourth-order valence-electron chi connectivity index (χ4n) is 3.29. The first-order chi connectivity index (χ1) is 12.8. The molecule has 0 unspecified atom stereocenters. The predicted molar refractivity (Wildman–Crippen MR) is 110 cm³/mol. The average molecular weight is 387 g/mol. The minimum Gasteiger partial charge on any atom is -0.322 e. The van der Waals surface area contributed by atoms with Gasteiger partial charge in [-0.1, -0.05) is 26.0 Å². The van der Waals surface area contributed by atoms with Gasteiger partial charge in [-0.3, -0.25) is 9.10 Å². The Balaban J connectivity index is 1.77. The van der Waals surface area contributed by atoms with Gasteiger partial charge in [-0.15, -0.1) is 0 Å². The van der Waals surface area contributed by atoms with Gasteiger partial charge in [0.2, 0.25) is 10.0 Å². The molecule has 2 aromatic rings. The predicted octanol–water partition coefficient (Wildman–Crippen LogP) is 4.30. The van der Waals surface area contributed by atoms with Crippen LogP contribution in [-0.2, 0) is 10.0 Å². The van der Waals surface area contributed by atoms with Gasteiger partial charge in [0.05, 0.1) is 11.4 Å². The summed E-state index contributed by atoms with van der Waals surface area (Å²) in [6.07, 6.45) is 1.56. The van der Waals surface area contributed by atoms with Crippen molar-refractivity contribution in [1.82, 2.24) is 0 Å². The van der Waals surface area contributed by atoms with Crippen LogP contribution < -0.4 is 9.62 Å². The minimum absolute atomic E-state index is 0.182. The lowest BCUT2D eigenvalue weighted by atomic mass is 10.0. The summed E-state index contributed by atoms with van der Waals surface area (Å²) in [5.74, 6) is 0.417. The molecule has 0 atom stereocenters. The van der Waals surface area contributed by atoms with Gasteiger partial charge in [0.25, 0.3) is 5.91 Å². The second-order valence-electron chi connectivity index (χ2n) is 7.33. The highest BCUT2D eigenvalue weighted by atomic mass is 32.2. The number of sulfonamides is 1. The maximum Gasteiger partial charge on any atom is 0.255 e. The average Bonchev–Trinajstić information content (AvgIpc) is 2.62. The van der Waals surface area contributed by atoms with E-state index in [9.17, 15) is 13.2 Å².